The molecule has 1 saturated heterocycles. The largest absolute Gasteiger partial charge is 0.393 e. The molecule has 8 rings (SSSR count). The van der Waals surface area contributed by atoms with E-state index in [9.17, 15) is 19.4 Å². The van der Waals surface area contributed by atoms with Gasteiger partial charge in [-0.05, 0) is 110 Å². The third-order valence-electron chi connectivity index (χ3n) is 12.2. The van der Waals surface area contributed by atoms with E-state index in [0.29, 0.717) is 36.9 Å². The van der Waals surface area contributed by atoms with Crippen molar-refractivity contribution >= 4 is 11.5 Å². The van der Waals surface area contributed by atoms with Gasteiger partial charge in [-0.2, -0.15) is 0 Å². The zero-order valence-electron chi connectivity index (χ0n) is 30.0. The lowest BCUT2D eigenvalue weighted by molar-refractivity contribution is -0.0841. The Balaban J connectivity index is 1.24. The number of rotatable bonds is 6. The van der Waals surface area contributed by atoms with Gasteiger partial charge in [0.25, 0.3) is 0 Å². The SMILES string of the molecule is CC1=CCCC2(C)C(CCC2(O)CN2CCN(c3ccc(F)cc3)CC2)c2ccc(cc2C(=O)c2ccccc2-c2ccccc2)CC(O)CC1. The Morgan fingerprint density at radius 2 is 1.59 bits per heavy atom. The first-order valence-electron chi connectivity index (χ1n) is 18.7. The molecule has 0 amide bonds. The van der Waals surface area contributed by atoms with E-state index in [-0.39, 0.29) is 17.5 Å². The number of fused-ring (bicyclic) bond motifs is 8. The van der Waals surface area contributed by atoms with Crippen molar-refractivity contribution < 1.29 is 19.4 Å². The minimum absolute atomic E-state index is 0.0154. The molecule has 0 spiro atoms. The van der Waals surface area contributed by atoms with Crippen LogP contribution >= 0.6 is 0 Å². The second-order valence-corrected chi connectivity index (χ2v) is 15.4. The number of aliphatic hydroxyl groups excluding tert-OH is 1. The first kappa shape index (κ1) is 35.3. The number of nitrogens with zero attached hydrogens (tertiary/aromatic N) is 2. The molecule has 4 aromatic rings. The van der Waals surface area contributed by atoms with Crippen molar-refractivity contribution in [3.05, 3.63) is 137 Å². The first-order chi connectivity index (χ1) is 24.6. The Morgan fingerprint density at radius 3 is 2.35 bits per heavy atom. The highest BCUT2D eigenvalue weighted by atomic mass is 19.1. The van der Waals surface area contributed by atoms with E-state index in [1.807, 2.05) is 72.8 Å². The quantitative estimate of drug-likeness (QED) is 0.157. The van der Waals surface area contributed by atoms with Crippen LogP contribution in [-0.2, 0) is 6.42 Å². The average Bonchev–Trinajstić information content (AvgIpc) is 3.39. The van der Waals surface area contributed by atoms with Gasteiger partial charge in [-0.25, -0.2) is 4.39 Å². The van der Waals surface area contributed by atoms with Gasteiger partial charge in [0, 0.05) is 55.0 Å². The number of carbonyl (C=O) groups is 1. The van der Waals surface area contributed by atoms with E-state index < -0.39 is 17.1 Å². The van der Waals surface area contributed by atoms with Crippen LogP contribution in [0.1, 0.15) is 85.3 Å². The van der Waals surface area contributed by atoms with Crippen LogP contribution in [0.2, 0.25) is 0 Å². The van der Waals surface area contributed by atoms with Crippen molar-refractivity contribution in [1.82, 2.24) is 4.90 Å². The van der Waals surface area contributed by atoms with E-state index in [4.69, 9.17) is 0 Å². The number of anilines is 1. The van der Waals surface area contributed by atoms with Crippen molar-refractivity contribution in [1.29, 1.82) is 0 Å². The second kappa shape index (κ2) is 14.9. The summed E-state index contributed by atoms with van der Waals surface area (Å²) < 4.78 is 13.6. The molecule has 4 unspecified atom stereocenters. The molecule has 1 aliphatic heterocycles. The Hall–Kier alpha value is -4.10. The average molecular weight is 687 g/mol. The monoisotopic (exact) mass is 686 g/mol. The number of benzene rings is 4. The summed E-state index contributed by atoms with van der Waals surface area (Å²) >= 11 is 0. The third kappa shape index (κ3) is 7.32. The molecule has 4 atom stereocenters. The highest BCUT2D eigenvalue weighted by molar-refractivity contribution is 6.13. The lowest BCUT2D eigenvalue weighted by atomic mass is 9.64. The summed E-state index contributed by atoms with van der Waals surface area (Å²) in [6.45, 7) is 8.25. The molecule has 2 bridgehead atoms. The molecule has 0 radical (unpaired) electrons. The molecule has 1 saturated carbocycles. The molecule has 4 aliphatic rings. The van der Waals surface area contributed by atoms with Crippen molar-refractivity contribution in [3.63, 3.8) is 0 Å². The molecule has 5 nitrogen and oxygen atoms in total. The maximum atomic E-state index is 14.9. The topological polar surface area (TPSA) is 64.0 Å². The maximum Gasteiger partial charge on any atom is 0.193 e. The summed E-state index contributed by atoms with van der Waals surface area (Å²) in [4.78, 5) is 19.6. The van der Waals surface area contributed by atoms with E-state index in [2.05, 4.69) is 41.9 Å². The summed E-state index contributed by atoms with van der Waals surface area (Å²) in [5.41, 5.74) is 6.06. The van der Waals surface area contributed by atoms with E-state index >= 15 is 0 Å². The van der Waals surface area contributed by atoms with Crippen molar-refractivity contribution in [2.24, 2.45) is 5.41 Å². The summed E-state index contributed by atoms with van der Waals surface area (Å²) in [5, 5.41) is 23.9. The van der Waals surface area contributed by atoms with Crippen LogP contribution in [0, 0.1) is 11.2 Å². The predicted octanol–water partition coefficient (Wildman–Crippen LogP) is 8.58. The van der Waals surface area contributed by atoms with E-state index in [1.165, 1.54) is 17.7 Å². The van der Waals surface area contributed by atoms with Gasteiger partial charge in [-0.15, -0.1) is 0 Å². The van der Waals surface area contributed by atoms with Gasteiger partial charge in [0.15, 0.2) is 5.78 Å². The number of piperazine rings is 1. The van der Waals surface area contributed by atoms with Crippen LogP contribution in [0.25, 0.3) is 11.1 Å². The van der Waals surface area contributed by atoms with Crippen molar-refractivity contribution in [3.8, 4) is 11.1 Å². The Morgan fingerprint density at radius 1 is 0.863 bits per heavy atom. The fourth-order valence-corrected chi connectivity index (χ4v) is 9.08. The molecule has 6 heteroatoms. The fraction of sp³-hybridized carbons (Fsp3) is 0.400. The molecular weight excluding hydrogens is 636 g/mol. The minimum Gasteiger partial charge on any atom is -0.393 e. The number of hydrogen-bond acceptors (Lipinski definition) is 5. The summed E-state index contributed by atoms with van der Waals surface area (Å²) in [5.74, 6) is -0.269. The van der Waals surface area contributed by atoms with Gasteiger partial charge in [0.05, 0.1) is 11.7 Å². The Kier molecular flexibility index (Phi) is 10.3. The summed E-state index contributed by atoms with van der Waals surface area (Å²) in [6, 6.07) is 30.9. The standard InChI is InChI=1S/C45H51FN2O3/c1-32-9-8-23-44(2)42(22-24-45(44,51)31-47-25-27-48(28-26-47)36-18-16-35(46)17-19-36)39-21-15-33(29-37(49)20-14-32)30-41(39)43(50)40-13-7-6-12-38(40)34-10-4-3-5-11-34/h3-7,9-13,15-19,21,30,37,42,49,51H,8,14,20,22-29,31H2,1-2H3. The molecule has 51 heavy (non-hydrogen) atoms. The minimum atomic E-state index is -0.953. The number of aliphatic hydroxyl groups is 2. The van der Waals surface area contributed by atoms with Gasteiger partial charge < -0.3 is 15.1 Å². The van der Waals surface area contributed by atoms with Gasteiger partial charge in [0.1, 0.15) is 5.82 Å². The van der Waals surface area contributed by atoms with E-state index in [1.54, 1.807) is 0 Å². The highest BCUT2D eigenvalue weighted by Gasteiger charge is 2.57. The number of ketones is 1. The molecule has 266 valence electrons. The number of halogens is 1. The highest BCUT2D eigenvalue weighted by Crippen LogP contribution is 2.59. The lowest BCUT2D eigenvalue weighted by Crippen LogP contribution is -2.56. The second-order valence-electron chi connectivity index (χ2n) is 15.4. The number of β-amino-alcohol motifs (C(OH)–C–C–N with tert-alkyl or cyclic N) is 1. The molecule has 3 aliphatic carbocycles. The van der Waals surface area contributed by atoms with Gasteiger partial charge in [-0.1, -0.05) is 85.3 Å². The van der Waals surface area contributed by atoms with Crippen LogP contribution in [0.3, 0.4) is 0 Å². The maximum absolute atomic E-state index is 14.9. The Labute approximate surface area is 302 Å². The van der Waals surface area contributed by atoms with Crippen LogP contribution in [0.15, 0.2) is 109 Å². The van der Waals surface area contributed by atoms with Gasteiger partial charge in [-0.3, -0.25) is 9.69 Å². The molecule has 0 aromatic heterocycles. The molecular formula is C45H51FN2O3. The van der Waals surface area contributed by atoms with Crippen molar-refractivity contribution in [2.75, 3.05) is 37.6 Å². The lowest BCUT2D eigenvalue weighted by Gasteiger charge is -2.47. The van der Waals surface area contributed by atoms with Gasteiger partial charge >= 0.3 is 0 Å². The third-order valence-corrected chi connectivity index (χ3v) is 12.2. The fourth-order valence-electron chi connectivity index (χ4n) is 9.08. The first-order valence-corrected chi connectivity index (χ1v) is 18.7. The molecule has 1 heterocycles. The normalized spacial score (nSPS) is 26.0. The smallest absolute Gasteiger partial charge is 0.193 e. The van der Waals surface area contributed by atoms with Gasteiger partial charge in [0.2, 0.25) is 0 Å². The zero-order valence-corrected chi connectivity index (χ0v) is 30.0. The van der Waals surface area contributed by atoms with Crippen LogP contribution in [0.5, 0.6) is 0 Å². The number of carbonyl (C=O) groups excluding carboxylic acids is 1. The number of allylic oxidation sites excluding steroid dienone is 2. The molecule has 2 N–H and O–H groups in total. The van der Waals surface area contributed by atoms with E-state index in [0.717, 1.165) is 79.8 Å². The van der Waals surface area contributed by atoms with Crippen LogP contribution in [0.4, 0.5) is 10.1 Å². The summed E-state index contributed by atoms with van der Waals surface area (Å²) in [7, 11) is 0. The molecule has 2 fully saturated rings. The zero-order chi connectivity index (χ0) is 35.6. The van der Waals surface area contributed by atoms with Crippen LogP contribution < -0.4 is 4.90 Å². The Bertz CT molecular complexity index is 1870. The van der Waals surface area contributed by atoms with Crippen LogP contribution in [-0.4, -0.2) is 65.3 Å². The van der Waals surface area contributed by atoms with Crippen molar-refractivity contribution in [2.45, 2.75) is 76.4 Å². The number of hydrogen-bond donors (Lipinski definition) is 2. The predicted molar refractivity (Wildman–Crippen MR) is 204 cm³/mol. The molecule has 4 aromatic carbocycles. The summed E-state index contributed by atoms with van der Waals surface area (Å²) in [6.07, 6.45) is 6.84.